The summed E-state index contributed by atoms with van der Waals surface area (Å²) in [4.78, 5) is 12.6. The van der Waals surface area contributed by atoms with Crippen LogP contribution in [0.15, 0.2) is 0 Å². The van der Waals surface area contributed by atoms with Crippen molar-refractivity contribution in [3.63, 3.8) is 0 Å². The van der Waals surface area contributed by atoms with E-state index in [1.54, 1.807) is 25.9 Å². The molecule has 4 heteroatoms. The monoisotopic (exact) mass is 169 g/mol. The number of hydrogen-bond donors (Lipinski definition) is 1. The Bertz CT molecular complexity index is 183. The Morgan fingerprint density at radius 2 is 2.25 bits per heavy atom. The van der Waals surface area contributed by atoms with Crippen molar-refractivity contribution in [1.82, 2.24) is 10.2 Å². The third-order valence-corrected chi connectivity index (χ3v) is 1.48. The van der Waals surface area contributed by atoms with E-state index in [4.69, 9.17) is 5.26 Å². The Balaban J connectivity index is 3.45. The van der Waals surface area contributed by atoms with Crippen molar-refractivity contribution in [3.8, 4) is 6.07 Å². The molecule has 0 aliphatic heterocycles. The normalized spacial score (nSPS) is 11.8. The Morgan fingerprint density at radius 3 is 2.67 bits per heavy atom. The summed E-state index contributed by atoms with van der Waals surface area (Å²) in [5.41, 5.74) is 0. The van der Waals surface area contributed by atoms with E-state index in [2.05, 4.69) is 5.32 Å². The van der Waals surface area contributed by atoms with Crippen LogP contribution in [0.2, 0.25) is 0 Å². The predicted octanol–water partition coefficient (Wildman–Crippen LogP) is -0.0336. The lowest BCUT2D eigenvalue weighted by molar-refractivity contribution is -0.128. The van der Waals surface area contributed by atoms with Gasteiger partial charge in [-0.2, -0.15) is 5.26 Å². The second kappa shape index (κ2) is 5.56. The zero-order valence-corrected chi connectivity index (χ0v) is 7.79. The van der Waals surface area contributed by atoms with Crippen molar-refractivity contribution in [2.75, 3.05) is 20.6 Å². The highest BCUT2D eigenvalue weighted by atomic mass is 16.2. The van der Waals surface area contributed by atoms with Gasteiger partial charge < -0.3 is 10.2 Å². The molecule has 12 heavy (non-hydrogen) atoms. The van der Waals surface area contributed by atoms with Gasteiger partial charge >= 0.3 is 0 Å². The molecule has 0 aromatic rings. The SMILES string of the molecule is CC(C#N)NCCC(=O)N(C)C. The summed E-state index contributed by atoms with van der Waals surface area (Å²) >= 11 is 0. The molecular formula is C8H15N3O. The van der Waals surface area contributed by atoms with Gasteiger partial charge in [0.1, 0.15) is 0 Å². The molecule has 1 unspecified atom stereocenters. The van der Waals surface area contributed by atoms with Gasteiger partial charge in [0.25, 0.3) is 0 Å². The summed E-state index contributed by atoms with van der Waals surface area (Å²) in [7, 11) is 3.44. The lowest BCUT2D eigenvalue weighted by Gasteiger charge is -2.10. The largest absolute Gasteiger partial charge is 0.349 e. The first-order chi connectivity index (χ1) is 5.57. The van der Waals surface area contributed by atoms with Crippen LogP contribution in [0.3, 0.4) is 0 Å². The van der Waals surface area contributed by atoms with Crippen LogP contribution in [0.25, 0.3) is 0 Å². The minimum atomic E-state index is -0.181. The second-order valence-corrected chi connectivity index (χ2v) is 2.84. The van der Waals surface area contributed by atoms with Crippen molar-refractivity contribution < 1.29 is 4.79 Å². The Labute approximate surface area is 73.2 Å². The summed E-state index contributed by atoms with van der Waals surface area (Å²) in [6.45, 7) is 2.33. The van der Waals surface area contributed by atoms with Gasteiger partial charge in [0.15, 0.2) is 0 Å². The number of rotatable bonds is 4. The highest BCUT2D eigenvalue weighted by Crippen LogP contribution is 1.86. The van der Waals surface area contributed by atoms with Crippen molar-refractivity contribution in [1.29, 1.82) is 5.26 Å². The van der Waals surface area contributed by atoms with Gasteiger partial charge in [-0.05, 0) is 6.92 Å². The van der Waals surface area contributed by atoms with E-state index in [0.29, 0.717) is 13.0 Å². The number of nitriles is 1. The molecule has 0 aromatic carbocycles. The van der Waals surface area contributed by atoms with Crippen molar-refractivity contribution >= 4 is 5.91 Å². The first-order valence-corrected chi connectivity index (χ1v) is 3.91. The van der Waals surface area contributed by atoms with Gasteiger partial charge in [-0.25, -0.2) is 0 Å². The summed E-state index contributed by atoms with van der Waals surface area (Å²) in [5, 5.41) is 11.3. The molecule has 0 saturated carbocycles. The number of carbonyl (C=O) groups is 1. The molecule has 4 nitrogen and oxygen atoms in total. The van der Waals surface area contributed by atoms with Crippen LogP contribution < -0.4 is 5.32 Å². The maximum absolute atomic E-state index is 11.0. The molecule has 0 aliphatic carbocycles. The molecule has 0 rings (SSSR count). The Morgan fingerprint density at radius 1 is 1.67 bits per heavy atom. The third-order valence-electron chi connectivity index (χ3n) is 1.48. The average molecular weight is 169 g/mol. The van der Waals surface area contributed by atoms with Gasteiger partial charge in [-0.15, -0.1) is 0 Å². The predicted molar refractivity (Wildman–Crippen MR) is 46.4 cm³/mol. The average Bonchev–Trinajstić information content (AvgIpc) is 2.03. The molecule has 0 bridgehead atoms. The molecule has 68 valence electrons. The van der Waals surface area contributed by atoms with Crippen LogP contribution in [0, 0.1) is 11.3 Å². The van der Waals surface area contributed by atoms with E-state index in [9.17, 15) is 4.79 Å². The zero-order chi connectivity index (χ0) is 9.56. The fourth-order valence-corrected chi connectivity index (χ4v) is 0.665. The third kappa shape index (κ3) is 4.69. The molecule has 1 atom stereocenters. The van der Waals surface area contributed by atoms with E-state index >= 15 is 0 Å². The highest BCUT2D eigenvalue weighted by molar-refractivity contribution is 5.75. The number of hydrogen-bond acceptors (Lipinski definition) is 3. The fraction of sp³-hybridized carbons (Fsp3) is 0.750. The maximum atomic E-state index is 11.0. The standard InChI is InChI=1S/C8H15N3O/c1-7(6-9)10-5-4-8(12)11(2)3/h7,10H,4-5H2,1-3H3. The first kappa shape index (κ1) is 10.9. The summed E-state index contributed by atoms with van der Waals surface area (Å²) in [6, 6.07) is 1.85. The molecule has 0 spiro atoms. The molecule has 0 radical (unpaired) electrons. The van der Waals surface area contributed by atoms with E-state index < -0.39 is 0 Å². The van der Waals surface area contributed by atoms with Gasteiger partial charge in [0.05, 0.1) is 12.1 Å². The number of nitrogens with one attached hydrogen (secondary N) is 1. The van der Waals surface area contributed by atoms with Gasteiger partial charge in [-0.3, -0.25) is 4.79 Å². The quantitative estimate of drug-likeness (QED) is 0.642. The summed E-state index contributed by atoms with van der Waals surface area (Å²) < 4.78 is 0. The maximum Gasteiger partial charge on any atom is 0.223 e. The van der Waals surface area contributed by atoms with Gasteiger partial charge in [0, 0.05) is 27.1 Å². The smallest absolute Gasteiger partial charge is 0.223 e. The van der Waals surface area contributed by atoms with Gasteiger partial charge in [0.2, 0.25) is 5.91 Å². The van der Waals surface area contributed by atoms with E-state index in [0.717, 1.165) is 0 Å². The molecule has 0 aliphatic rings. The summed E-state index contributed by atoms with van der Waals surface area (Å²) in [6.07, 6.45) is 0.443. The minimum absolute atomic E-state index is 0.0765. The lowest BCUT2D eigenvalue weighted by Crippen LogP contribution is -2.30. The number of nitrogens with zero attached hydrogens (tertiary/aromatic N) is 2. The molecular weight excluding hydrogens is 154 g/mol. The van der Waals surface area contributed by atoms with Crippen LogP contribution >= 0.6 is 0 Å². The molecule has 0 saturated heterocycles. The molecule has 0 aromatic heterocycles. The van der Waals surface area contributed by atoms with Crippen molar-refractivity contribution in [2.24, 2.45) is 0 Å². The first-order valence-electron chi connectivity index (χ1n) is 3.91. The highest BCUT2D eigenvalue weighted by Gasteiger charge is 2.03. The van der Waals surface area contributed by atoms with Crippen LogP contribution in [-0.4, -0.2) is 37.5 Å². The lowest BCUT2D eigenvalue weighted by atomic mass is 10.3. The Hall–Kier alpha value is -1.08. The topological polar surface area (TPSA) is 56.1 Å². The number of amides is 1. The van der Waals surface area contributed by atoms with Crippen LogP contribution in [0.1, 0.15) is 13.3 Å². The minimum Gasteiger partial charge on any atom is -0.349 e. The fourth-order valence-electron chi connectivity index (χ4n) is 0.665. The van der Waals surface area contributed by atoms with Crippen molar-refractivity contribution in [2.45, 2.75) is 19.4 Å². The van der Waals surface area contributed by atoms with E-state index in [-0.39, 0.29) is 11.9 Å². The van der Waals surface area contributed by atoms with Gasteiger partial charge in [-0.1, -0.05) is 0 Å². The Kier molecular flexibility index (Phi) is 5.06. The molecule has 0 fully saturated rings. The summed E-state index contributed by atoms with van der Waals surface area (Å²) in [5.74, 6) is 0.0765. The van der Waals surface area contributed by atoms with E-state index in [1.807, 2.05) is 6.07 Å². The number of carbonyl (C=O) groups excluding carboxylic acids is 1. The van der Waals surface area contributed by atoms with Crippen LogP contribution in [-0.2, 0) is 4.79 Å². The van der Waals surface area contributed by atoms with Crippen molar-refractivity contribution in [3.05, 3.63) is 0 Å². The van der Waals surface area contributed by atoms with Crippen LogP contribution in [0.5, 0.6) is 0 Å². The second-order valence-electron chi connectivity index (χ2n) is 2.84. The van der Waals surface area contributed by atoms with E-state index in [1.165, 1.54) is 0 Å². The zero-order valence-electron chi connectivity index (χ0n) is 7.79. The molecule has 0 heterocycles. The molecule has 1 amide bonds. The molecule has 1 N–H and O–H groups in total. The van der Waals surface area contributed by atoms with Crippen LogP contribution in [0.4, 0.5) is 0 Å².